The second kappa shape index (κ2) is 11.6. The number of hydrogen-bond donors (Lipinski definition) is 2. The Labute approximate surface area is 228 Å². The fraction of sp³-hybridized carbons (Fsp3) is 0.269. The second-order valence-electron chi connectivity index (χ2n) is 8.86. The zero-order valence-electron chi connectivity index (χ0n) is 21.7. The minimum absolute atomic E-state index is 0.0351. The van der Waals surface area contributed by atoms with E-state index < -0.39 is 26.0 Å². The minimum Gasteiger partial charge on any atom is -0.495 e. The number of hydrogen-bond acceptors (Lipinski definition) is 8. The van der Waals surface area contributed by atoms with Crippen LogP contribution in [-0.2, 0) is 24.8 Å². The number of nitrogens with one attached hydrogen (secondary N) is 2. The molecule has 13 heteroatoms. The molecule has 0 unspecified atom stereocenters. The van der Waals surface area contributed by atoms with Crippen LogP contribution in [0.15, 0.2) is 76.5 Å². The largest absolute Gasteiger partial charge is 0.495 e. The number of amides is 1. The molecule has 1 fully saturated rings. The zero-order chi connectivity index (χ0) is 28.2. The highest BCUT2D eigenvalue weighted by Gasteiger charge is 2.26. The molecule has 1 aliphatic rings. The summed E-state index contributed by atoms with van der Waals surface area (Å²) in [5, 5.41) is 2.69. The van der Waals surface area contributed by atoms with Gasteiger partial charge in [0, 0.05) is 38.4 Å². The lowest BCUT2D eigenvalue weighted by atomic mass is 10.2. The van der Waals surface area contributed by atoms with Crippen molar-refractivity contribution in [3.8, 4) is 5.75 Å². The van der Waals surface area contributed by atoms with Crippen LogP contribution >= 0.6 is 0 Å². The first-order valence-corrected chi connectivity index (χ1v) is 14.9. The Hall–Kier alpha value is -3.65. The van der Waals surface area contributed by atoms with E-state index in [1.807, 2.05) is 4.90 Å². The smallest absolute Gasteiger partial charge is 0.264 e. The van der Waals surface area contributed by atoms with Crippen LogP contribution in [0.4, 0.5) is 17.1 Å². The summed E-state index contributed by atoms with van der Waals surface area (Å²) in [4.78, 5) is 14.9. The van der Waals surface area contributed by atoms with E-state index in [0.717, 1.165) is 4.31 Å². The molecule has 1 heterocycles. The summed E-state index contributed by atoms with van der Waals surface area (Å²) in [5.41, 5.74) is 1.05. The Balaban J connectivity index is 1.69. The Kier molecular flexibility index (Phi) is 8.45. The number of methoxy groups -OCH3 is 1. The Morgan fingerprint density at radius 1 is 0.949 bits per heavy atom. The molecular formula is C26H30N4O7S2. The summed E-state index contributed by atoms with van der Waals surface area (Å²) in [7, 11) is -3.63. The van der Waals surface area contributed by atoms with Gasteiger partial charge in [0.2, 0.25) is 10.0 Å². The molecule has 0 atom stereocenters. The molecule has 1 aliphatic heterocycles. The van der Waals surface area contributed by atoms with Crippen LogP contribution in [0.1, 0.15) is 10.4 Å². The van der Waals surface area contributed by atoms with Gasteiger partial charge in [-0.15, -0.1) is 0 Å². The van der Waals surface area contributed by atoms with Crippen LogP contribution in [-0.4, -0.2) is 74.6 Å². The average molecular weight is 575 g/mol. The van der Waals surface area contributed by atoms with Gasteiger partial charge in [-0.2, -0.15) is 0 Å². The van der Waals surface area contributed by atoms with Crippen molar-refractivity contribution in [2.45, 2.75) is 9.79 Å². The first kappa shape index (κ1) is 28.4. The van der Waals surface area contributed by atoms with Crippen LogP contribution in [0.5, 0.6) is 5.75 Å². The highest BCUT2D eigenvalue weighted by atomic mass is 32.2. The van der Waals surface area contributed by atoms with Gasteiger partial charge in [-0.25, -0.2) is 21.1 Å². The lowest BCUT2D eigenvalue weighted by Gasteiger charge is -2.30. The predicted octanol–water partition coefficient (Wildman–Crippen LogP) is 2.84. The molecule has 1 amide bonds. The maximum absolute atomic E-state index is 13.7. The van der Waals surface area contributed by atoms with Gasteiger partial charge >= 0.3 is 0 Å². The van der Waals surface area contributed by atoms with Crippen molar-refractivity contribution in [3.05, 3.63) is 72.3 Å². The first-order chi connectivity index (χ1) is 18.5. The van der Waals surface area contributed by atoms with Crippen molar-refractivity contribution in [3.63, 3.8) is 0 Å². The average Bonchev–Trinajstić information content (AvgIpc) is 2.93. The normalized spacial score (nSPS) is 14.2. The van der Waals surface area contributed by atoms with Crippen molar-refractivity contribution < 1.29 is 31.1 Å². The third-order valence-corrected chi connectivity index (χ3v) is 9.29. The van der Waals surface area contributed by atoms with Crippen molar-refractivity contribution in [1.82, 2.24) is 4.31 Å². The molecule has 3 aromatic carbocycles. The highest BCUT2D eigenvalue weighted by molar-refractivity contribution is 7.93. The fourth-order valence-corrected chi connectivity index (χ4v) is 6.28. The molecule has 0 bridgehead atoms. The number of carbonyl (C=O) groups excluding carboxylic acids is 1. The van der Waals surface area contributed by atoms with Crippen LogP contribution in [0.25, 0.3) is 0 Å². The number of para-hydroxylation sites is 2. The molecule has 0 radical (unpaired) electrons. The lowest BCUT2D eigenvalue weighted by Crippen LogP contribution is -2.37. The number of nitrogens with zero attached hydrogens (tertiary/aromatic N) is 2. The number of rotatable bonds is 9. The first-order valence-electron chi connectivity index (χ1n) is 12.0. The maximum atomic E-state index is 13.7. The summed E-state index contributed by atoms with van der Waals surface area (Å²) in [6.07, 6.45) is 0. The van der Waals surface area contributed by atoms with Crippen LogP contribution in [0, 0.1) is 0 Å². The van der Waals surface area contributed by atoms with Gasteiger partial charge in [0.1, 0.15) is 10.6 Å². The van der Waals surface area contributed by atoms with Crippen LogP contribution in [0.3, 0.4) is 0 Å². The van der Waals surface area contributed by atoms with Gasteiger partial charge in [0.15, 0.2) is 0 Å². The Morgan fingerprint density at radius 2 is 1.67 bits per heavy atom. The predicted molar refractivity (Wildman–Crippen MR) is 149 cm³/mol. The summed E-state index contributed by atoms with van der Waals surface area (Å²) in [6, 6.07) is 16.9. The van der Waals surface area contributed by atoms with E-state index in [4.69, 9.17) is 9.47 Å². The standard InChI is InChI=1S/C26H30N4O7S2/c1-29(2)39(34,35)21-8-6-7-19(17-21)26(31)27-20-11-12-23(30-13-15-37-16-14-30)25(18-20)38(32,33)28-22-9-4-5-10-24(22)36-3/h4-12,17-18,28H,13-16H2,1-3H3,(H,27,31). The number of ether oxygens (including phenoxy) is 2. The quantitative estimate of drug-likeness (QED) is 0.399. The van der Waals surface area contributed by atoms with Crippen LogP contribution in [0.2, 0.25) is 0 Å². The summed E-state index contributed by atoms with van der Waals surface area (Å²) in [6.45, 7) is 1.89. The molecule has 0 saturated carbocycles. The molecule has 1 saturated heterocycles. The molecular weight excluding hydrogens is 544 g/mol. The SMILES string of the molecule is COc1ccccc1NS(=O)(=O)c1cc(NC(=O)c2cccc(S(=O)(=O)N(C)C)c2)ccc1N1CCOCC1. The number of morpholine rings is 1. The molecule has 11 nitrogen and oxygen atoms in total. The number of benzene rings is 3. The van der Waals surface area contributed by atoms with Crippen LogP contribution < -0.4 is 19.7 Å². The molecule has 39 heavy (non-hydrogen) atoms. The molecule has 3 aromatic rings. The lowest BCUT2D eigenvalue weighted by molar-refractivity contribution is 0.102. The van der Waals surface area contributed by atoms with Gasteiger partial charge in [-0.1, -0.05) is 18.2 Å². The number of carbonyl (C=O) groups is 1. The van der Waals surface area contributed by atoms with Gasteiger partial charge in [-0.3, -0.25) is 9.52 Å². The monoisotopic (exact) mass is 574 g/mol. The zero-order valence-corrected chi connectivity index (χ0v) is 23.4. The van der Waals surface area contributed by atoms with Crippen molar-refractivity contribution in [1.29, 1.82) is 0 Å². The summed E-state index contributed by atoms with van der Waals surface area (Å²) >= 11 is 0. The third kappa shape index (κ3) is 6.33. The molecule has 2 N–H and O–H groups in total. The Morgan fingerprint density at radius 3 is 2.36 bits per heavy atom. The fourth-order valence-electron chi connectivity index (χ4n) is 4.01. The summed E-state index contributed by atoms with van der Waals surface area (Å²) < 4.78 is 66.7. The van der Waals surface area contributed by atoms with Crippen molar-refractivity contribution in [2.75, 3.05) is 62.4 Å². The van der Waals surface area contributed by atoms with Crippen molar-refractivity contribution in [2.24, 2.45) is 0 Å². The molecule has 0 aliphatic carbocycles. The van der Waals surface area contributed by atoms with Gasteiger partial charge < -0.3 is 19.7 Å². The Bertz CT molecular complexity index is 1570. The van der Waals surface area contributed by atoms with E-state index in [1.54, 1.807) is 36.4 Å². The van der Waals surface area contributed by atoms with E-state index in [2.05, 4.69) is 10.0 Å². The molecule has 208 valence electrons. The van der Waals surface area contributed by atoms with E-state index >= 15 is 0 Å². The number of anilines is 3. The number of sulfonamides is 2. The van der Waals surface area contributed by atoms with E-state index in [0.29, 0.717) is 37.7 Å². The molecule has 0 spiro atoms. The van der Waals surface area contributed by atoms with E-state index in [1.165, 1.54) is 51.5 Å². The third-order valence-electron chi connectivity index (χ3n) is 6.09. The minimum atomic E-state index is -4.13. The highest BCUT2D eigenvalue weighted by Crippen LogP contribution is 2.33. The van der Waals surface area contributed by atoms with Crippen molar-refractivity contribution >= 4 is 43.0 Å². The van der Waals surface area contributed by atoms with E-state index in [-0.39, 0.29) is 26.7 Å². The topological polar surface area (TPSA) is 134 Å². The molecule has 0 aromatic heterocycles. The van der Waals surface area contributed by atoms with Gasteiger partial charge in [-0.05, 0) is 48.5 Å². The maximum Gasteiger partial charge on any atom is 0.264 e. The van der Waals surface area contributed by atoms with E-state index in [9.17, 15) is 21.6 Å². The molecule has 4 rings (SSSR count). The van der Waals surface area contributed by atoms with Gasteiger partial charge in [0.05, 0.1) is 36.6 Å². The van der Waals surface area contributed by atoms with Gasteiger partial charge in [0.25, 0.3) is 15.9 Å². The second-order valence-corrected chi connectivity index (χ2v) is 12.7. The summed E-state index contributed by atoms with van der Waals surface area (Å²) in [5.74, 6) is -0.239.